The van der Waals surface area contributed by atoms with Gasteiger partial charge in [-0.05, 0) is 43.4 Å². The van der Waals surface area contributed by atoms with Crippen LogP contribution in [0.2, 0.25) is 0 Å². The molecule has 0 unspecified atom stereocenters. The first-order chi connectivity index (χ1) is 17.2. The molecule has 3 aliphatic rings. The van der Waals surface area contributed by atoms with E-state index in [1.54, 1.807) is 0 Å². The SMILES string of the molecule is CCCCc1ccc(-c2ccc(N3CCN(CC(=O)N4CCN(C5CCC5)CC4)CC3)nn2)cc1. The van der Waals surface area contributed by atoms with Crippen molar-refractivity contribution >= 4 is 11.7 Å². The molecule has 0 N–H and O–H groups in total. The van der Waals surface area contributed by atoms with E-state index in [1.165, 1.54) is 37.7 Å². The minimum absolute atomic E-state index is 0.288. The third-order valence-electron chi connectivity index (χ3n) is 8.03. The van der Waals surface area contributed by atoms with E-state index < -0.39 is 0 Å². The summed E-state index contributed by atoms with van der Waals surface area (Å²) < 4.78 is 0. The van der Waals surface area contributed by atoms with Gasteiger partial charge in [0.2, 0.25) is 5.91 Å². The molecule has 3 heterocycles. The fourth-order valence-corrected chi connectivity index (χ4v) is 5.39. The highest BCUT2D eigenvalue weighted by Gasteiger charge is 2.30. The summed E-state index contributed by atoms with van der Waals surface area (Å²) in [6.45, 7) is 10.2. The Morgan fingerprint density at radius 1 is 0.886 bits per heavy atom. The second-order valence-corrected chi connectivity index (χ2v) is 10.3. The Hall–Kier alpha value is -2.51. The lowest BCUT2D eigenvalue weighted by Gasteiger charge is -2.43. The number of unbranched alkanes of at least 4 members (excludes halogenated alkanes) is 1. The Labute approximate surface area is 210 Å². The molecule has 35 heavy (non-hydrogen) atoms. The largest absolute Gasteiger partial charge is 0.353 e. The Morgan fingerprint density at radius 2 is 1.63 bits per heavy atom. The number of amides is 1. The first kappa shape index (κ1) is 24.2. The van der Waals surface area contributed by atoms with Crippen LogP contribution in [-0.2, 0) is 11.2 Å². The molecule has 0 bridgehead atoms. The van der Waals surface area contributed by atoms with Crippen LogP contribution in [0.4, 0.5) is 5.82 Å². The lowest BCUT2D eigenvalue weighted by atomic mass is 9.91. The molecule has 1 aliphatic carbocycles. The molecule has 2 aromatic rings. The number of aryl methyl sites for hydroxylation is 1. The van der Waals surface area contributed by atoms with Gasteiger partial charge in [0.15, 0.2) is 5.82 Å². The van der Waals surface area contributed by atoms with Crippen molar-refractivity contribution in [1.29, 1.82) is 0 Å². The van der Waals surface area contributed by atoms with Crippen molar-refractivity contribution in [3.63, 3.8) is 0 Å². The van der Waals surface area contributed by atoms with Crippen LogP contribution < -0.4 is 4.90 Å². The number of aromatic nitrogens is 2. The van der Waals surface area contributed by atoms with Crippen LogP contribution in [0.5, 0.6) is 0 Å². The highest BCUT2D eigenvalue weighted by atomic mass is 16.2. The first-order valence-electron chi connectivity index (χ1n) is 13.6. The molecule has 1 aromatic heterocycles. The minimum atomic E-state index is 0.288. The average molecular weight is 477 g/mol. The van der Waals surface area contributed by atoms with Gasteiger partial charge in [0.1, 0.15) is 0 Å². The second kappa shape index (κ2) is 11.5. The highest BCUT2D eigenvalue weighted by Crippen LogP contribution is 2.25. The number of carbonyl (C=O) groups is 1. The Morgan fingerprint density at radius 3 is 2.23 bits per heavy atom. The van der Waals surface area contributed by atoms with Crippen LogP contribution in [0.3, 0.4) is 0 Å². The van der Waals surface area contributed by atoms with Crippen molar-refractivity contribution in [1.82, 2.24) is 24.9 Å². The zero-order chi connectivity index (χ0) is 24.0. The molecule has 2 saturated heterocycles. The molecule has 1 saturated carbocycles. The summed E-state index contributed by atoms with van der Waals surface area (Å²) in [5.74, 6) is 1.21. The van der Waals surface area contributed by atoms with Gasteiger partial charge in [-0.15, -0.1) is 10.2 Å². The van der Waals surface area contributed by atoms with Crippen LogP contribution in [0.15, 0.2) is 36.4 Å². The third kappa shape index (κ3) is 6.01. The van der Waals surface area contributed by atoms with E-state index in [0.29, 0.717) is 6.54 Å². The number of rotatable bonds is 8. The summed E-state index contributed by atoms with van der Waals surface area (Å²) in [5, 5.41) is 9.02. The van der Waals surface area contributed by atoms with E-state index in [1.807, 2.05) is 0 Å². The predicted molar refractivity (Wildman–Crippen MR) is 141 cm³/mol. The summed E-state index contributed by atoms with van der Waals surface area (Å²) in [6.07, 6.45) is 7.65. The van der Waals surface area contributed by atoms with Gasteiger partial charge in [0.25, 0.3) is 0 Å². The number of nitrogens with zero attached hydrogens (tertiary/aromatic N) is 6. The molecule has 1 aromatic carbocycles. The van der Waals surface area contributed by atoms with E-state index in [-0.39, 0.29) is 5.91 Å². The van der Waals surface area contributed by atoms with Gasteiger partial charge in [-0.2, -0.15) is 0 Å². The molecule has 188 valence electrons. The number of benzene rings is 1. The van der Waals surface area contributed by atoms with Gasteiger partial charge in [-0.25, -0.2) is 0 Å². The van der Waals surface area contributed by atoms with Crippen molar-refractivity contribution in [3.05, 3.63) is 42.0 Å². The zero-order valence-electron chi connectivity index (χ0n) is 21.2. The topological polar surface area (TPSA) is 55.8 Å². The monoisotopic (exact) mass is 476 g/mol. The molecular weight excluding hydrogens is 436 g/mol. The molecule has 1 amide bonds. The fraction of sp³-hybridized carbons (Fsp3) is 0.607. The maximum absolute atomic E-state index is 12.9. The number of piperazine rings is 2. The first-order valence-corrected chi connectivity index (χ1v) is 13.6. The summed E-state index contributed by atoms with van der Waals surface area (Å²) in [7, 11) is 0. The Bertz CT molecular complexity index is 942. The lowest BCUT2D eigenvalue weighted by molar-refractivity contribution is -0.134. The normalized spacial score (nSPS) is 20.1. The average Bonchev–Trinajstić information content (AvgIpc) is 2.88. The standard InChI is InChI=1S/C28H40N6O/c1-2-3-5-23-8-10-24(11-9-23)26-12-13-27(30-29-26)33-16-14-31(15-17-33)22-28(35)34-20-18-32(19-21-34)25-6-4-7-25/h8-13,25H,2-7,14-22H2,1H3. The second-order valence-electron chi connectivity index (χ2n) is 10.3. The quantitative estimate of drug-likeness (QED) is 0.583. The number of anilines is 1. The Kier molecular flexibility index (Phi) is 7.94. The molecule has 7 heteroatoms. The number of hydrogen-bond acceptors (Lipinski definition) is 6. The van der Waals surface area contributed by atoms with E-state index in [0.717, 1.165) is 81.9 Å². The lowest BCUT2D eigenvalue weighted by Crippen LogP contribution is -2.56. The molecule has 0 atom stereocenters. The van der Waals surface area contributed by atoms with Crippen molar-refractivity contribution < 1.29 is 4.79 Å². The smallest absolute Gasteiger partial charge is 0.236 e. The van der Waals surface area contributed by atoms with Crippen molar-refractivity contribution in [2.75, 3.05) is 63.8 Å². The third-order valence-corrected chi connectivity index (χ3v) is 8.03. The van der Waals surface area contributed by atoms with E-state index >= 15 is 0 Å². The number of hydrogen-bond donors (Lipinski definition) is 0. The maximum atomic E-state index is 12.9. The molecule has 3 fully saturated rings. The minimum Gasteiger partial charge on any atom is -0.353 e. The molecule has 0 radical (unpaired) electrons. The van der Waals surface area contributed by atoms with Gasteiger partial charge in [-0.3, -0.25) is 14.6 Å². The Balaban J connectivity index is 1.07. The molecule has 5 rings (SSSR count). The summed E-state index contributed by atoms with van der Waals surface area (Å²) in [5.41, 5.74) is 3.41. The summed E-state index contributed by atoms with van der Waals surface area (Å²) >= 11 is 0. The molecule has 2 aliphatic heterocycles. The maximum Gasteiger partial charge on any atom is 0.236 e. The van der Waals surface area contributed by atoms with Crippen molar-refractivity contribution in [3.8, 4) is 11.3 Å². The highest BCUT2D eigenvalue weighted by molar-refractivity contribution is 5.78. The molecule has 0 spiro atoms. The van der Waals surface area contributed by atoms with Gasteiger partial charge in [-0.1, -0.05) is 44.0 Å². The van der Waals surface area contributed by atoms with Crippen LogP contribution in [0.25, 0.3) is 11.3 Å². The fourth-order valence-electron chi connectivity index (χ4n) is 5.39. The van der Waals surface area contributed by atoms with E-state index in [2.05, 4.69) is 73.1 Å². The van der Waals surface area contributed by atoms with Gasteiger partial charge < -0.3 is 9.80 Å². The van der Waals surface area contributed by atoms with Crippen molar-refractivity contribution in [2.24, 2.45) is 0 Å². The van der Waals surface area contributed by atoms with Crippen LogP contribution in [0, 0.1) is 0 Å². The van der Waals surface area contributed by atoms with Crippen LogP contribution >= 0.6 is 0 Å². The zero-order valence-corrected chi connectivity index (χ0v) is 21.2. The van der Waals surface area contributed by atoms with Gasteiger partial charge in [0, 0.05) is 64.0 Å². The molecule has 7 nitrogen and oxygen atoms in total. The van der Waals surface area contributed by atoms with Crippen molar-refractivity contribution in [2.45, 2.75) is 51.5 Å². The van der Waals surface area contributed by atoms with E-state index in [9.17, 15) is 4.79 Å². The number of carbonyl (C=O) groups excluding carboxylic acids is 1. The summed E-state index contributed by atoms with van der Waals surface area (Å²) in [4.78, 5) is 22.1. The van der Waals surface area contributed by atoms with Gasteiger partial charge in [0.05, 0.1) is 12.2 Å². The van der Waals surface area contributed by atoms with Crippen LogP contribution in [-0.4, -0.2) is 95.7 Å². The van der Waals surface area contributed by atoms with Gasteiger partial charge >= 0.3 is 0 Å². The predicted octanol–water partition coefficient (Wildman–Crippen LogP) is 3.30. The molecular formula is C28H40N6O. The van der Waals surface area contributed by atoms with E-state index in [4.69, 9.17) is 0 Å². The summed E-state index contributed by atoms with van der Waals surface area (Å²) in [6, 6.07) is 13.6. The van der Waals surface area contributed by atoms with Crippen LogP contribution in [0.1, 0.15) is 44.6 Å².